The quantitative estimate of drug-likeness (QED) is 0.792. The number of carbonyl (C=O) groups excluding carboxylic acids is 2. The second-order valence-corrected chi connectivity index (χ2v) is 8.54. The molecule has 0 radical (unpaired) electrons. The molecule has 0 aromatic carbocycles. The number of ether oxygens (including phenoxy) is 1. The smallest absolute Gasteiger partial charge is 0.410 e. The molecule has 1 saturated heterocycles. The van der Waals surface area contributed by atoms with Gasteiger partial charge in [0.1, 0.15) is 11.6 Å². The van der Waals surface area contributed by atoms with Crippen LogP contribution in [0.5, 0.6) is 0 Å². The zero-order valence-electron chi connectivity index (χ0n) is 16.6. The molecule has 2 amide bonds. The van der Waals surface area contributed by atoms with E-state index in [0.717, 1.165) is 38.5 Å². The van der Waals surface area contributed by atoms with E-state index in [1.807, 2.05) is 20.8 Å². The second kappa shape index (κ2) is 8.31. The zero-order chi connectivity index (χ0) is 19.4. The Hall–Kier alpha value is -2.05. The Labute approximate surface area is 161 Å². The molecule has 2 fully saturated rings. The highest BCUT2D eigenvalue weighted by Gasteiger charge is 2.40. The standard InChI is InChI=1S/C20H31N3O4/c1-20(2,3)26-19(25)22-14-8-7-11-16(22)18(24)23(17-12-13-21-27-17)15-9-5-4-6-10-15/h12-13,15-16H,4-11,14H2,1-3H3. The van der Waals surface area contributed by atoms with E-state index >= 15 is 0 Å². The molecule has 27 heavy (non-hydrogen) atoms. The number of aromatic nitrogens is 1. The van der Waals surface area contributed by atoms with Gasteiger partial charge in [0, 0.05) is 18.7 Å². The third-order valence-electron chi connectivity index (χ3n) is 5.25. The Balaban J connectivity index is 1.83. The summed E-state index contributed by atoms with van der Waals surface area (Å²) in [6.07, 6.45) is 8.90. The molecule has 7 heteroatoms. The summed E-state index contributed by atoms with van der Waals surface area (Å²) in [7, 11) is 0. The van der Waals surface area contributed by atoms with E-state index in [9.17, 15) is 9.59 Å². The predicted molar refractivity (Wildman–Crippen MR) is 101 cm³/mol. The van der Waals surface area contributed by atoms with Gasteiger partial charge < -0.3 is 9.26 Å². The number of anilines is 1. The summed E-state index contributed by atoms with van der Waals surface area (Å²) in [5.41, 5.74) is -0.587. The van der Waals surface area contributed by atoms with Crippen LogP contribution in [-0.2, 0) is 9.53 Å². The molecule has 2 aliphatic rings. The highest BCUT2D eigenvalue weighted by molar-refractivity contribution is 5.98. The molecule has 7 nitrogen and oxygen atoms in total. The fourth-order valence-corrected chi connectivity index (χ4v) is 4.03. The molecule has 0 bridgehead atoms. The lowest BCUT2D eigenvalue weighted by molar-refractivity contribution is -0.125. The van der Waals surface area contributed by atoms with Crippen LogP contribution in [0.3, 0.4) is 0 Å². The normalized spacial score (nSPS) is 21.7. The van der Waals surface area contributed by atoms with Gasteiger partial charge in [-0.2, -0.15) is 0 Å². The van der Waals surface area contributed by atoms with Gasteiger partial charge in [-0.15, -0.1) is 0 Å². The van der Waals surface area contributed by atoms with E-state index in [0.29, 0.717) is 18.8 Å². The molecule has 0 N–H and O–H groups in total. The Kier molecular flexibility index (Phi) is 6.07. The number of hydrogen-bond acceptors (Lipinski definition) is 5. The van der Waals surface area contributed by atoms with Gasteiger partial charge in [-0.3, -0.25) is 14.6 Å². The lowest BCUT2D eigenvalue weighted by atomic mass is 9.92. The van der Waals surface area contributed by atoms with Crippen molar-refractivity contribution in [3.63, 3.8) is 0 Å². The number of hydrogen-bond donors (Lipinski definition) is 0. The third-order valence-corrected chi connectivity index (χ3v) is 5.25. The van der Waals surface area contributed by atoms with E-state index in [1.54, 1.807) is 22.1 Å². The van der Waals surface area contributed by atoms with Crippen molar-refractivity contribution in [1.29, 1.82) is 0 Å². The van der Waals surface area contributed by atoms with Crippen molar-refractivity contribution in [3.05, 3.63) is 12.3 Å². The maximum absolute atomic E-state index is 13.6. The summed E-state index contributed by atoms with van der Waals surface area (Å²) in [5, 5.41) is 3.79. The Bertz CT molecular complexity index is 632. The van der Waals surface area contributed by atoms with Crippen LogP contribution in [0, 0.1) is 0 Å². The zero-order valence-corrected chi connectivity index (χ0v) is 16.6. The molecule has 1 aliphatic carbocycles. The highest BCUT2D eigenvalue weighted by Crippen LogP contribution is 2.30. The molecule has 1 aromatic heterocycles. The van der Waals surface area contributed by atoms with Crippen LogP contribution in [-0.4, -0.2) is 46.3 Å². The Morgan fingerprint density at radius 3 is 2.48 bits per heavy atom. The molecule has 1 aliphatic heterocycles. The van der Waals surface area contributed by atoms with Gasteiger partial charge in [-0.1, -0.05) is 24.4 Å². The van der Waals surface area contributed by atoms with Crippen LogP contribution in [0.2, 0.25) is 0 Å². The Morgan fingerprint density at radius 1 is 1.15 bits per heavy atom. The average Bonchev–Trinajstić information content (AvgIpc) is 3.15. The van der Waals surface area contributed by atoms with Crippen LogP contribution in [0.4, 0.5) is 10.7 Å². The van der Waals surface area contributed by atoms with Crippen LogP contribution in [0.15, 0.2) is 16.8 Å². The van der Waals surface area contributed by atoms with Crippen LogP contribution in [0.1, 0.15) is 72.1 Å². The molecule has 1 saturated carbocycles. The fraction of sp³-hybridized carbons (Fsp3) is 0.750. The molecule has 3 rings (SSSR count). The second-order valence-electron chi connectivity index (χ2n) is 8.54. The monoisotopic (exact) mass is 377 g/mol. The first-order valence-corrected chi connectivity index (χ1v) is 10.1. The van der Waals surface area contributed by atoms with Gasteiger partial charge in [-0.05, 0) is 52.9 Å². The van der Waals surface area contributed by atoms with Crippen molar-refractivity contribution < 1.29 is 18.8 Å². The fourth-order valence-electron chi connectivity index (χ4n) is 4.03. The minimum absolute atomic E-state index is 0.0794. The molecule has 1 atom stereocenters. The first kappa shape index (κ1) is 19.7. The summed E-state index contributed by atoms with van der Waals surface area (Å²) < 4.78 is 10.9. The lowest BCUT2D eigenvalue weighted by Gasteiger charge is -2.40. The first-order valence-electron chi connectivity index (χ1n) is 10.1. The summed E-state index contributed by atoms with van der Waals surface area (Å²) in [6, 6.07) is 1.31. The van der Waals surface area contributed by atoms with Gasteiger partial charge in [0.25, 0.3) is 5.91 Å². The number of carbonyl (C=O) groups is 2. The number of amides is 2. The van der Waals surface area contributed by atoms with Crippen molar-refractivity contribution in [2.24, 2.45) is 0 Å². The molecule has 150 valence electrons. The summed E-state index contributed by atoms with van der Waals surface area (Å²) in [4.78, 5) is 29.6. The van der Waals surface area contributed by atoms with Crippen molar-refractivity contribution in [2.75, 3.05) is 11.4 Å². The van der Waals surface area contributed by atoms with E-state index in [-0.39, 0.29) is 11.9 Å². The maximum atomic E-state index is 13.6. The highest BCUT2D eigenvalue weighted by atomic mass is 16.6. The van der Waals surface area contributed by atoms with Crippen molar-refractivity contribution in [3.8, 4) is 0 Å². The summed E-state index contributed by atoms with van der Waals surface area (Å²) >= 11 is 0. The van der Waals surface area contributed by atoms with E-state index in [1.165, 1.54) is 6.42 Å². The molecular formula is C20H31N3O4. The van der Waals surface area contributed by atoms with Gasteiger partial charge >= 0.3 is 6.09 Å². The third kappa shape index (κ3) is 4.82. The summed E-state index contributed by atoms with van der Waals surface area (Å²) in [6.45, 7) is 6.07. The molecule has 2 heterocycles. The minimum atomic E-state index is -0.587. The van der Waals surface area contributed by atoms with Gasteiger partial charge in [-0.25, -0.2) is 4.79 Å². The minimum Gasteiger partial charge on any atom is -0.444 e. The molecule has 1 unspecified atom stereocenters. The topological polar surface area (TPSA) is 75.9 Å². The Morgan fingerprint density at radius 2 is 1.85 bits per heavy atom. The van der Waals surface area contributed by atoms with E-state index < -0.39 is 17.7 Å². The van der Waals surface area contributed by atoms with Crippen molar-refractivity contribution in [2.45, 2.75) is 89.8 Å². The van der Waals surface area contributed by atoms with Gasteiger partial charge in [0.15, 0.2) is 0 Å². The predicted octanol–water partition coefficient (Wildman–Crippen LogP) is 4.13. The molecular weight excluding hydrogens is 346 g/mol. The van der Waals surface area contributed by atoms with Crippen molar-refractivity contribution >= 4 is 17.9 Å². The van der Waals surface area contributed by atoms with Crippen molar-refractivity contribution in [1.82, 2.24) is 10.1 Å². The van der Waals surface area contributed by atoms with Crippen LogP contribution >= 0.6 is 0 Å². The van der Waals surface area contributed by atoms with Crippen LogP contribution < -0.4 is 4.90 Å². The maximum Gasteiger partial charge on any atom is 0.410 e. The number of likely N-dealkylation sites (tertiary alicyclic amines) is 1. The average molecular weight is 377 g/mol. The first-order chi connectivity index (χ1) is 12.9. The van der Waals surface area contributed by atoms with Gasteiger partial charge in [0.05, 0.1) is 6.20 Å². The summed E-state index contributed by atoms with van der Waals surface area (Å²) in [5.74, 6) is 0.394. The lowest BCUT2D eigenvalue weighted by Crippen LogP contribution is -2.56. The SMILES string of the molecule is CC(C)(C)OC(=O)N1CCCCC1C(=O)N(c1ccno1)C1CCCCC1. The number of piperidine rings is 1. The number of nitrogens with zero attached hydrogens (tertiary/aromatic N) is 3. The van der Waals surface area contributed by atoms with E-state index in [4.69, 9.17) is 9.26 Å². The largest absolute Gasteiger partial charge is 0.444 e. The molecule has 0 spiro atoms. The van der Waals surface area contributed by atoms with E-state index in [2.05, 4.69) is 5.16 Å². The van der Waals surface area contributed by atoms with Crippen LogP contribution in [0.25, 0.3) is 0 Å². The van der Waals surface area contributed by atoms with Gasteiger partial charge in [0.2, 0.25) is 5.88 Å². The number of rotatable bonds is 3. The molecule has 1 aromatic rings.